The van der Waals surface area contributed by atoms with Crippen molar-refractivity contribution in [2.24, 2.45) is 0 Å². The van der Waals surface area contributed by atoms with Crippen molar-refractivity contribution >= 4 is 34.1 Å². The van der Waals surface area contributed by atoms with Gasteiger partial charge in [-0.15, -0.1) is 0 Å². The van der Waals surface area contributed by atoms with E-state index in [1.165, 1.54) is 0 Å². The molecule has 0 unspecified atom stereocenters. The van der Waals surface area contributed by atoms with Gasteiger partial charge in [0.25, 0.3) is 0 Å². The maximum atomic E-state index is 5.37. The van der Waals surface area contributed by atoms with E-state index >= 15 is 0 Å². The molecule has 0 saturated heterocycles. The molecular formula is C10H11N3OS. The monoisotopic (exact) mass is 221 g/mol. The quantitative estimate of drug-likeness (QED) is 0.722. The van der Waals surface area contributed by atoms with E-state index in [1.54, 1.807) is 7.05 Å². The summed E-state index contributed by atoms with van der Waals surface area (Å²) in [6, 6.07) is 5.67. The normalized spacial score (nSPS) is 10.3. The van der Waals surface area contributed by atoms with Crippen LogP contribution in [0.4, 0.5) is 5.69 Å². The molecule has 0 bridgehead atoms. The summed E-state index contributed by atoms with van der Waals surface area (Å²) >= 11 is 5.00. The van der Waals surface area contributed by atoms with Crippen LogP contribution in [-0.2, 0) is 0 Å². The summed E-state index contributed by atoms with van der Waals surface area (Å²) < 4.78 is 5.37. The van der Waals surface area contributed by atoms with E-state index in [0.717, 1.165) is 16.8 Å². The Morgan fingerprint density at radius 1 is 1.47 bits per heavy atom. The third kappa shape index (κ3) is 2.07. The van der Waals surface area contributed by atoms with Crippen molar-refractivity contribution in [3.63, 3.8) is 0 Å². The summed E-state index contributed by atoms with van der Waals surface area (Å²) in [5, 5.41) is 6.45. The third-order valence-electron chi connectivity index (χ3n) is 1.98. The standard InChI is InChI=1S/C10H11N3OS/c1-6-12-8-5-7(13-10(15)11-2)3-4-9(8)14-6/h3-5H,1-2H3,(H2,11,13,15). The van der Waals surface area contributed by atoms with E-state index in [-0.39, 0.29) is 0 Å². The van der Waals surface area contributed by atoms with Gasteiger partial charge >= 0.3 is 0 Å². The summed E-state index contributed by atoms with van der Waals surface area (Å²) in [6.45, 7) is 1.82. The summed E-state index contributed by atoms with van der Waals surface area (Å²) in [7, 11) is 1.77. The van der Waals surface area contributed by atoms with Crippen LogP contribution in [0.2, 0.25) is 0 Å². The number of nitrogens with one attached hydrogen (secondary N) is 2. The maximum Gasteiger partial charge on any atom is 0.192 e. The fraction of sp³-hybridized carbons (Fsp3) is 0.200. The lowest BCUT2D eigenvalue weighted by atomic mass is 10.3. The van der Waals surface area contributed by atoms with Crippen molar-refractivity contribution in [3.8, 4) is 0 Å². The van der Waals surface area contributed by atoms with Crippen molar-refractivity contribution in [2.45, 2.75) is 6.92 Å². The van der Waals surface area contributed by atoms with Crippen LogP contribution in [0.1, 0.15) is 5.89 Å². The molecule has 15 heavy (non-hydrogen) atoms. The van der Waals surface area contributed by atoms with Gasteiger partial charge in [0.15, 0.2) is 16.6 Å². The van der Waals surface area contributed by atoms with Crippen LogP contribution in [0.5, 0.6) is 0 Å². The number of benzene rings is 1. The minimum Gasteiger partial charge on any atom is -0.441 e. The summed E-state index contributed by atoms with van der Waals surface area (Å²) in [5.74, 6) is 0.665. The Balaban J connectivity index is 2.33. The van der Waals surface area contributed by atoms with Crippen molar-refractivity contribution in [1.29, 1.82) is 0 Å². The molecule has 0 amide bonds. The molecule has 1 aromatic carbocycles. The van der Waals surface area contributed by atoms with Crippen LogP contribution in [0, 0.1) is 6.92 Å². The predicted octanol–water partition coefficient (Wildman–Crippen LogP) is 2.05. The first-order valence-electron chi connectivity index (χ1n) is 4.55. The highest BCUT2D eigenvalue weighted by Crippen LogP contribution is 2.19. The largest absolute Gasteiger partial charge is 0.441 e. The lowest BCUT2D eigenvalue weighted by Crippen LogP contribution is -2.23. The van der Waals surface area contributed by atoms with E-state index in [9.17, 15) is 0 Å². The number of aryl methyl sites for hydroxylation is 1. The number of hydrogen-bond acceptors (Lipinski definition) is 3. The highest BCUT2D eigenvalue weighted by Gasteiger charge is 2.03. The highest BCUT2D eigenvalue weighted by atomic mass is 32.1. The molecule has 1 aromatic heterocycles. The maximum absolute atomic E-state index is 5.37. The number of rotatable bonds is 1. The number of nitrogens with zero attached hydrogens (tertiary/aromatic N) is 1. The Bertz CT molecular complexity index is 506. The zero-order valence-corrected chi connectivity index (χ0v) is 9.31. The van der Waals surface area contributed by atoms with Crippen LogP contribution in [0.25, 0.3) is 11.1 Å². The molecule has 0 spiro atoms. The molecule has 2 aromatic rings. The van der Waals surface area contributed by atoms with Crippen molar-refractivity contribution < 1.29 is 4.42 Å². The Morgan fingerprint density at radius 3 is 3.00 bits per heavy atom. The van der Waals surface area contributed by atoms with Gasteiger partial charge in [0.1, 0.15) is 5.52 Å². The average Bonchev–Trinajstić information content (AvgIpc) is 2.57. The Morgan fingerprint density at radius 2 is 2.27 bits per heavy atom. The second-order valence-electron chi connectivity index (χ2n) is 3.12. The Kier molecular flexibility index (Phi) is 2.55. The number of thiocarbonyl (C=S) groups is 1. The molecule has 5 heteroatoms. The van der Waals surface area contributed by atoms with E-state index < -0.39 is 0 Å². The molecule has 0 aliphatic heterocycles. The highest BCUT2D eigenvalue weighted by molar-refractivity contribution is 7.80. The first-order valence-corrected chi connectivity index (χ1v) is 4.96. The van der Waals surface area contributed by atoms with Gasteiger partial charge in [-0.25, -0.2) is 4.98 Å². The molecule has 0 atom stereocenters. The first-order chi connectivity index (χ1) is 7.19. The summed E-state index contributed by atoms with van der Waals surface area (Å²) in [4.78, 5) is 4.24. The van der Waals surface area contributed by atoms with Gasteiger partial charge in [0, 0.05) is 19.7 Å². The van der Waals surface area contributed by atoms with Gasteiger partial charge in [-0.3, -0.25) is 0 Å². The lowest BCUT2D eigenvalue weighted by molar-refractivity contribution is 0.561. The first kappa shape index (κ1) is 9.92. The second-order valence-corrected chi connectivity index (χ2v) is 3.53. The molecular weight excluding hydrogens is 210 g/mol. The summed E-state index contributed by atoms with van der Waals surface area (Å²) in [6.07, 6.45) is 0. The van der Waals surface area contributed by atoms with Crippen LogP contribution >= 0.6 is 12.2 Å². The number of fused-ring (bicyclic) bond motifs is 1. The van der Waals surface area contributed by atoms with Gasteiger partial charge in [-0.1, -0.05) is 0 Å². The molecule has 0 fully saturated rings. The fourth-order valence-electron chi connectivity index (χ4n) is 1.31. The van der Waals surface area contributed by atoms with E-state index in [2.05, 4.69) is 15.6 Å². The molecule has 0 radical (unpaired) electrons. The fourth-order valence-corrected chi connectivity index (χ4v) is 1.43. The van der Waals surface area contributed by atoms with Gasteiger partial charge in [0.2, 0.25) is 0 Å². The van der Waals surface area contributed by atoms with Gasteiger partial charge in [-0.05, 0) is 30.4 Å². The molecule has 2 N–H and O–H groups in total. The van der Waals surface area contributed by atoms with Crippen LogP contribution < -0.4 is 10.6 Å². The lowest BCUT2D eigenvalue weighted by Gasteiger charge is -2.05. The van der Waals surface area contributed by atoms with E-state index in [0.29, 0.717) is 11.0 Å². The minimum absolute atomic E-state index is 0.578. The second kappa shape index (κ2) is 3.86. The van der Waals surface area contributed by atoms with Gasteiger partial charge in [0.05, 0.1) is 0 Å². The molecule has 2 rings (SSSR count). The van der Waals surface area contributed by atoms with Crippen LogP contribution in [0.3, 0.4) is 0 Å². The Hall–Kier alpha value is -1.62. The van der Waals surface area contributed by atoms with Gasteiger partial charge < -0.3 is 15.1 Å². The number of hydrogen-bond donors (Lipinski definition) is 2. The molecule has 78 valence electrons. The molecule has 0 saturated carbocycles. The summed E-state index contributed by atoms with van der Waals surface area (Å²) in [5.41, 5.74) is 2.51. The molecule has 0 aliphatic rings. The van der Waals surface area contributed by atoms with Crippen molar-refractivity contribution in [2.75, 3.05) is 12.4 Å². The SMILES string of the molecule is CNC(=S)Nc1ccc2oc(C)nc2c1. The number of anilines is 1. The van der Waals surface area contributed by atoms with Gasteiger partial charge in [-0.2, -0.15) is 0 Å². The molecule has 1 heterocycles. The molecule has 4 nitrogen and oxygen atoms in total. The van der Waals surface area contributed by atoms with E-state index in [4.69, 9.17) is 16.6 Å². The predicted molar refractivity (Wildman–Crippen MR) is 64.0 cm³/mol. The van der Waals surface area contributed by atoms with Crippen molar-refractivity contribution in [3.05, 3.63) is 24.1 Å². The van der Waals surface area contributed by atoms with Crippen molar-refractivity contribution in [1.82, 2.24) is 10.3 Å². The molecule has 0 aliphatic carbocycles. The number of oxazole rings is 1. The Labute approximate surface area is 92.7 Å². The zero-order valence-electron chi connectivity index (χ0n) is 8.50. The number of aromatic nitrogens is 1. The van der Waals surface area contributed by atoms with Crippen LogP contribution in [-0.4, -0.2) is 17.1 Å². The van der Waals surface area contributed by atoms with Crippen LogP contribution in [0.15, 0.2) is 22.6 Å². The third-order valence-corrected chi connectivity index (χ3v) is 2.29. The zero-order chi connectivity index (χ0) is 10.8. The topological polar surface area (TPSA) is 50.1 Å². The smallest absolute Gasteiger partial charge is 0.192 e. The van der Waals surface area contributed by atoms with E-state index in [1.807, 2.05) is 25.1 Å². The average molecular weight is 221 g/mol. The minimum atomic E-state index is 0.578.